The van der Waals surface area contributed by atoms with Crippen LogP contribution in [0, 0.1) is 11.8 Å². The van der Waals surface area contributed by atoms with Gasteiger partial charge in [0.2, 0.25) is 0 Å². The highest BCUT2D eigenvalue weighted by Gasteiger charge is 2.29. The van der Waals surface area contributed by atoms with Gasteiger partial charge in [0.25, 0.3) is 0 Å². The highest BCUT2D eigenvalue weighted by atomic mass is 32.2. The van der Waals surface area contributed by atoms with Crippen LogP contribution in [-0.4, -0.2) is 45.6 Å². The van der Waals surface area contributed by atoms with Crippen molar-refractivity contribution in [3.05, 3.63) is 24.3 Å². The number of ether oxygens (including phenoxy) is 2. The first-order valence-electron chi connectivity index (χ1n) is 8.61. The standard InChI is InChI=1S/C17H26N2O4S/c1-14-6-9-19(12-14)24(20,21)18-16-2-4-17(5-3-16)23-13-15-7-10-22-11-8-15/h2-5,14-15,18H,6-13H2,1H3. The van der Waals surface area contributed by atoms with Crippen LogP contribution in [0.1, 0.15) is 26.2 Å². The topological polar surface area (TPSA) is 67.9 Å². The van der Waals surface area contributed by atoms with Crippen LogP contribution in [0.15, 0.2) is 24.3 Å². The second-order valence-corrected chi connectivity index (χ2v) is 8.42. The Hall–Kier alpha value is -1.31. The third-order valence-corrected chi connectivity index (χ3v) is 6.16. The molecule has 0 aliphatic carbocycles. The average Bonchev–Trinajstić information content (AvgIpc) is 3.02. The first-order chi connectivity index (χ1) is 11.5. The molecule has 134 valence electrons. The molecule has 0 amide bonds. The van der Waals surface area contributed by atoms with Crippen molar-refractivity contribution in [3.8, 4) is 5.75 Å². The predicted octanol–water partition coefficient (Wildman–Crippen LogP) is 2.49. The fourth-order valence-corrected chi connectivity index (χ4v) is 4.43. The Labute approximate surface area is 144 Å². The molecule has 1 N–H and O–H groups in total. The first-order valence-corrected chi connectivity index (χ1v) is 10.1. The lowest BCUT2D eigenvalue weighted by Crippen LogP contribution is -2.33. The van der Waals surface area contributed by atoms with Gasteiger partial charge in [0.15, 0.2) is 0 Å². The van der Waals surface area contributed by atoms with Crippen LogP contribution in [0.3, 0.4) is 0 Å². The number of anilines is 1. The van der Waals surface area contributed by atoms with Gasteiger partial charge in [-0.3, -0.25) is 4.72 Å². The summed E-state index contributed by atoms with van der Waals surface area (Å²) >= 11 is 0. The van der Waals surface area contributed by atoms with Gasteiger partial charge in [-0.05, 0) is 55.4 Å². The summed E-state index contributed by atoms with van der Waals surface area (Å²) in [4.78, 5) is 0. The van der Waals surface area contributed by atoms with Crippen LogP contribution in [0.4, 0.5) is 5.69 Å². The molecule has 2 fully saturated rings. The van der Waals surface area contributed by atoms with Crippen molar-refractivity contribution in [1.82, 2.24) is 4.31 Å². The maximum atomic E-state index is 12.3. The first kappa shape index (κ1) is 17.5. The monoisotopic (exact) mass is 354 g/mol. The van der Waals surface area contributed by atoms with Crippen molar-refractivity contribution < 1.29 is 17.9 Å². The van der Waals surface area contributed by atoms with E-state index in [1.807, 2.05) is 12.1 Å². The lowest BCUT2D eigenvalue weighted by molar-refractivity contribution is 0.0497. The zero-order valence-corrected chi connectivity index (χ0v) is 14.9. The number of hydrogen-bond donors (Lipinski definition) is 1. The number of benzene rings is 1. The molecule has 0 bridgehead atoms. The van der Waals surface area contributed by atoms with Gasteiger partial charge >= 0.3 is 10.2 Å². The van der Waals surface area contributed by atoms with Crippen molar-refractivity contribution in [3.63, 3.8) is 0 Å². The molecular formula is C17H26N2O4S. The molecule has 2 saturated heterocycles. The molecular weight excluding hydrogens is 328 g/mol. The average molecular weight is 354 g/mol. The predicted molar refractivity (Wildman–Crippen MR) is 93.4 cm³/mol. The van der Waals surface area contributed by atoms with Crippen LogP contribution >= 0.6 is 0 Å². The van der Waals surface area contributed by atoms with Crippen molar-refractivity contribution in [2.75, 3.05) is 37.6 Å². The maximum absolute atomic E-state index is 12.3. The lowest BCUT2D eigenvalue weighted by atomic mass is 10.0. The zero-order chi connectivity index (χ0) is 17.0. The summed E-state index contributed by atoms with van der Waals surface area (Å²) in [5.74, 6) is 1.72. The van der Waals surface area contributed by atoms with Gasteiger partial charge in [0.05, 0.1) is 12.3 Å². The molecule has 0 radical (unpaired) electrons. The largest absolute Gasteiger partial charge is 0.493 e. The van der Waals surface area contributed by atoms with E-state index in [2.05, 4.69) is 11.6 Å². The van der Waals surface area contributed by atoms with E-state index in [-0.39, 0.29) is 0 Å². The summed E-state index contributed by atoms with van der Waals surface area (Å²) < 4.78 is 40.0. The van der Waals surface area contributed by atoms with Gasteiger partial charge in [0.1, 0.15) is 5.75 Å². The molecule has 2 aliphatic rings. The quantitative estimate of drug-likeness (QED) is 0.852. The van der Waals surface area contributed by atoms with E-state index in [0.29, 0.717) is 37.2 Å². The summed E-state index contributed by atoms with van der Waals surface area (Å²) in [6.45, 7) is 5.54. The second kappa shape index (κ2) is 7.72. The van der Waals surface area contributed by atoms with E-state index in [9.17, 15) is 8.42 Å². The summed E-state index contributed by atoms with van der Waals surface area (Å²) in [6, 6.07) is 7.11. The van der Waals surface area contributed by atoms with Gasteiger partial charge in [-0.25, -0.2) is 0 Å². The Morgan fingerprint density at radius 2 is 1.92 bits per heavy atom. The van der Waals surface area contributed by atoms with E-state index in [1.165, 1.54) is 4.31 Å². The smallest absolute Gasteiger partial charge is 0.301 e. The third-order valence-electron chi connectivity index (χ3n) is 4.65. The van der Waals surface area contributed by atoms with Crippen molar-refractivity contribution in [2.24, 2.45) is 11.8 Å². The fraction of sp³-hybridized carbons (Fsp3) is 0.647. The number of nitrogens with zero attached hydrogens (tertiary/aromatic N) is 1. The Morgan fingerprint density at radius 3 is 2.54 bits per heavy atom. The molecule has 1 aromatic rings. The molecule has 2 heterocycles. The third kappa shape index (κ3) is 4.62. The van der Waals surface area contributed by atoms with Crippen LogP contribution in [0.5, 0.6) is 5.75 Å². The van der Waals surface area contributed by atoms with Gasteiger partial charge in [-0.2, -0.15) is 12.7 Å². The summed E-state index contributed by atoms with van der Waals surface area (Å²) in [6.07, 6.45) is 2.98. The van der Waals surface area contributed by atoms with E-state index in [1.54, 1.807) is 12.1 Å². The summed E-state index contributed by atoms with van der Waals surface area (Å²) in [5, 5.41) is 0. The molecule has 1 unspecified atom stereocenters. The van der Waals surface area contributed by atoms with Gasteiger partial charge in [-0.15, -0.1) is 0 Å². The highest BCUT2D eigenvalue weighted by molar-refractivity contribution is 7.90. The number of rotatable bonds is 6. The molecule has 24 heavy (non-hydrogen) atoms. The minimum Gasteiger partial charge on any atom is -0.493 e. The summed E-state index contributed by atoms with van der Waals surface area (Å²) in [5.41, 5.74) is 0.563. The molecule has 0 spiro atoms. The Morgan fingerprint density at radius 1 is 1.21 bits per heavy atom. The van der Waals surface area contributed by atoms with E-state index in [4.69, 9.17) is 9.47 Å². The van der Waals surface area contributed by atoms with E-state index in [0.717, 1.165) is 38.2 Å². The Kier molecular flexibility index (Phi) is 5.63. The highest BCUT2D eigenvalue weighted by Crippen LogP contribution is 2.23. The van der Waals surface area contributed by atoms with Crippen LogP contribution in [0.25, 0.3) is 0 Å². The number of nitrogens with one attached hydrogen (secondary N) is 1. The second-order valence-electron chi connectivity index (χ2n) is 6.75. The van der Waals surface area contributed by atoms with E-state index >= 15 is 0 Å². The van der Waals surface area contributed by atoms with Gasteiger partial charge in [-0.1, -0.05) is 6.92 Å². The molecule has 3 rings (SSSR count). The molecule has 1 aromatic carbocycles. The normalized spacial score (nSPS) is 23.3. The zero-order valence-electron chi connectivity index (χ0n) is 14.1. The van der Waals surface area contributed by atoms with Gasteiger partial charge in [0, 0.05) is 26.3 Å². The SMILES string of the molecule is CC1CCN(S(=O)(=O)Nc2ccc(OCC3CCOCC3)cc2)C1. The Balaban J connectivity index is 1.52. The summed E-state index contributed by atoms with van der Waals surface area (Å²) in [7, 11) is -3.46. The Bertz CT molecular complexity index is 626. The van der Waals surface area contributed by atoms with E-state index < -0.39 is 10.2 Å². The molecule has 0 aromatic heterocycles. The minimum atomic E-state index is -3.46. The molecule has 6 nitrogen and oxygen atoms in total. The molecule has 1 atom stereocenters. The van der Waals surface area contributed by atoms with Crippen molar-refractivity contribution in [1.29, 1.82) is 0 Å². The van der Waals surface area contributed by atoms with Crippen LogP contribution in [0.2, 0.25) is 0 Å². The van der Waals surface area contributed by atoms with Crippen LogP contribution < -0.4 is 9.46 Å². The van der Waals surface area contributed by atoms with Gasteiger partial charge < -0.3 is 9.47 Å². The maximum Gasteiger partial charge on any atom is 0.301 e. The lowest BCUT2D eigenvalue weighted by Gasteiger charge is -2.22. The fourth-order valence-electron chi connectivity index (χ4n) is 3.07. The molecule has 0 saturated carbocycles. The molecule has 2 aliphatic heterocycles. The minimum absolute atomic E-state index is 0.419. The van der Waals surface area contributed by atoms with Crippen molar-refractivity contribution in [2.45, 2.75) is 26.2 Å². The van der Waals surface area contributed by atoms with Crippen LogP contribution in [-0.2, 0) is 14.9 Å². The number of hydrogen-bond acceptors (Lipinski definition) is 4. The molecule has 7 heteroatoms. The van der Waals surface area contributed by atoms with Crippen molar-refractivity contribution >= 4 is 15.9 Å².